The molecule has 0 aliphatic heterocycles. The van der Waals surface area contributed by atoms with Crippen molar-refractivity contribution in [3.8, 4) is 0 Å². The van der Waals surface area contributed by atoms with Gasteiger partial charge in [0.05, 0.1) is 11.3 Å². The highest BCUT2D eigenvalue weighted by Crippen LogP contribution is 2.13. The maximum Gasteiger partial charge on any atom is 0.335 e. The van der Waals surface area contributed by atoms with Crippen LogP contribution >= 0.6 is 0 Å². The van der Waals surface area contributed by atoms with Crippen molar-refractivity contribution in [3.05, 3.63) is 34.9 Å². The highest BCUT2D eigenvalue weighted by molar-refractivity contribution is 7.89. The maximum atomic E-state index is 11.1. The van der Waals surface area contributed by atoms with E-state index in [1.165, 1.54) is 12.1 Å². The molecule has 0 amide bonds. The zero-order valence-electron chi connectivity index (χ0n) is 8.52. The van der Waals surface area contributed by atoms with Crippen molar-refractivity contribution in [2.45, 2.75) is 12.7 Å². The van der Waals surface area contributed by atoms with E-state index in [2.05, 4.69) is 0 Å². The van der Waals surface area contributed by atoms with E-state index in [1.807, 2.05) is 0 Å². The summed E-state index contributed by atoms with van der Waals surface area (Å²) in [4.78, 5) is 10.6. The van der Waals surface area contributed by atoms with E-state index in [0.29, 0.717) is 11.1 Å². The molecule has 4 nitrogen and oxygen atoms in total. The first-order valence-corrected chi connectivity index (χ1v) is 6.36. The number of hydrogen-bond acceptors (Lipinski definition) is 3. The molecule has 82 valence electrons. The number of aromatic carboxylic acids is 1. The number of rotatable bonds is 3. The molecule has 0 unspecified atom stereocenters. The number of sulfone groups is 1. The summed E-state index contributed by atoms with van der Waals surface area (Å²) in [6.45, 7) is 1.70. The van der Waals surface area contributed by atoms with Gasteiger partial charge in [0, 0.05) is 6.26 Å². The van der Waals surface area contributed by atoms with E-state index < -0.39 is 15.8 Å². The van der Waals surface area contributed by atoms with Crippen LogP contribution in [0, 0.1) is 6.92 Å². The van der Waals surface area contributed by atoms with Crippen LogP contribution in [-0.4, -0.2) is 25.7 Å². The van der Waals surface area contributed by atoms with Crippen molar-refractivity contribution in [3.63, 3.8) is 0 Å². The molecule has 0 bridgehead atoms. The second-order valence-corrected chi connectivity index (χ2v) is 5.66. The molecule has 0 heterocycles. The van der Waals surface area contributed by atoms with Gasteiger partial charge in [0.1, 0.15) is 0 Å². The minimum Gasteiger partial charge on any atom is -0.478 e. The fourth-order valence-corrected chi connectivity index (χ4v) is 2.16. The van der Waals surface area contributed by atoms with Gasteiger partial charge in [0.25, 0.3) is 0 Å². The van der Waals surface area contributed by atoms with Crippen LogP contribution in [0.5, 0.6) is 0 Å². The van der Waals surface area contributed by atoms with Gasteiger partial charge in [0.15, 0.2) is 9.84 Å². The van der Waals surface area contributed by atoms with Crippen LogP contribution < -0.4 is 0 Å². The molecule has 1 aromatic carbocycles. The van der Waals surface area contributed by atoms with Gasteiger partial charge in [-0.15, -0.1) is 0 Å². The Morgan fingerprint density at radius 3 is 2.40 bits per heavy atom. The zero-order chi connectivity index (χ0) is 11.6. The van der Waals surface area contributed by atoms with Crippen molar-refractivity contribution in [1.82, 2.24) is 0 Å². The predicted molar refractivity (Wildman–Crippen MR) is 56.7 cm³/mol. The standard InChI is InChI=1S/C10H12O4S/c1-7-5-8(10(11)12)3-4-9(7)6-15(2,13)14/h3-5H,6H2,1-2H3,(H,11,12). The molecule has 0 aromatic heterocycles. The number of carboxylic acid groups (broad SMARTS) is 1. The van der Waals surface area contributed by atoms with Crippen molar-refractivity contribution in [2.75, 3.05) is 6.26 Å². The molecule has 0 saturated carbocycles. The van der Waals surface area contributed by atoms with Gasteiger partial charge in [-0.2, -0.15) is 0 Å². The molecular weight excluding hydrogens is 216 g/mol. The van der Waals surface area contributed by atoms with Gasteiger partial charge in [-0.05, 0) is 30.2 Å². The Morgan fingerprint density at radius 1 is 1.40 bits per heavy atom. The van der Waals surface area contributed by atoms with Gasteiger partial charge in [-0.1, -0.05) is 6.07 Å². The van der Waals surface area contributed by atoms with Crippen molar-refractivity contribution >= 4 is 15.8 Å². The first-order valence-electron chi connectivity index (χ1n) is 4.30. The summed E-state index contributed by atoms with van der Waals surface area (Å²) in [5.41, 5.74) is 1.49. The van der Waals surface area contributed by atoms with Crippen molar-refractivity contribution < 1.29 is 18.3 Å². The lowest BCUT2D eigenvalue weighted by Crippen LogP contribution is -2.04. The first kappa shape index (κ1) is 11.7. The lowest BCUT2D eigenvalue weighted by molar-refractivity contribution is 0.0697. The van der Waals surface area contributed by atoms with E-state index in [4.69, 9.17) is 5.11 Å². The summed E-state index contributed by atoms with van der Waals surface area (Å²) in [7, 11) is -3.08. The average molecular weight is 228 g/mol. The molecule has 0 spiro atoms. The molecule has 1 aromatic rings. The van der Waals surface area contributed by atoms with Crippen LogP contribution in [0.4, 0.5) is 0 Å². The second-order valence-electron chi connectivity index (χ2n) is 3.52. The highest BCUT2D eigenvalue weighted by Gasteiger charge is 2.09. The monoisotopic (exact) mass is 228 g/mol. The molecule has 0 aliphatic rings. The summed E-state index contributed by atoms with van der Waals surface area (Å²) in [5, 5.41) is 8.71. The fraction of sp³-hybridized carbons (Fsp3) is 0.300. The number of carboxylic acids is 1. The van der Waals surface area contributed by atoms with E-state index in [-0.39, 0.29) is 11.3 Å². The van der Waals surface area contributed by atoms with E-state index in [9.17, 15) is 13.2 Å². The van der Waals surface area contributed by atoms with Gasteiger partial charge < -0.3 is 5.11 Å². The molecule has 5 heteroatoms. The van der Waals surface area contributed by atoms with Crippen LogP contribution in [0.2, 0.25) is 0 Å². The molecule has 0 atom stereocenters. The molecule has 0 saturated heterocycles. The predicted octanol–water partition coefficient (Wildman–Crippen LogP) is 1.24. The van der Waals surface area contributed by atoms with Crippen LogP contribution in [0.1, 0.15) is 21.5 Å². The minimum absolute atomic E-state index is 0.0568. The molecule has 0 fully saturated rings. The maximum absolute atomic E-state index is 11.1. The summed E-state index contributed by atoms with van der Waals surface area (Å²) in [6.07, 6.45) is 1.15. The van der Waals surface area contributed by atoms with E-state index >= 15 is 0 Å². The van der Waals surface area contributed by atoms with E-state index in [1.54, 1.807) is 13.0 Å². The van der Waals surface area contributed by atoms with Gasteiger partial charge in [-0.25, -0.2) is 13.2 Å². The minimum atomic E-state index is -3.08. The van der Waals surface area contributed by atoms with Crippen molar-refractivity contribution in [1.29, 1.82) is 0 Å². The van der Waals surface area contributed by atoms with Crippen molar-refractivity contribution in [2.24, 2.45) is 0 Å². The second kappa shape index (κ2) is 4.02. The highest BCUT2D eigenvalue weighted by atomic mass is 32.2. The van der Waals surface area contributed by atoms with Gasteiger partial charge in [-0.3, -0.25) is 0 Å². The van der Waals surface area contributed by atoms with Gasteiger partial charge in [0.2, 0.25) is 0 Å². The average Bonchev–Trinajstić information content (AvgIpc) is 2.05. The number of carbonyl (C=O) groups is 1. The Kier molecular flexibility index (Phi) is 3.14. The number of benzene rings is 1. The Morgan fingerprint density at radius 2 is 2.00 bits per heavy atom. The Balaban J connectivity index is 3.09. The molecule has 0 aliphatic carbocycles. The van der Waals surface area contributed by atoms with Crippen LogP contribution in [0.3, 0.4) is 0 Å². The molecular formula is C10H12O4S. The van der Waals surface area contributed by atoms with Crippen LogP contribution in [0.25, 0.3) is 0 Å². The Labute approximate surface area is 88.5 Å². The summed E-state index contributed by atoms with van der Waals surface area (Å²) in [6, 6.07) is 4.43. The number of aryl methyl sites for hydroxylation is 1. The quantitative estimate of drug-likeness (QED) is 0.844. The SMILES string of the molecule is Cc1cc(C(=O)O)ccc1CS(C)(=O)=O. The smallest absolute Gasteiger partial charge is 0.335 e. The van der Waals surface area contributed by atoms with E-state index in [0.717, 1.165) is 6.26 Å². The zero-order valence-corrected chi connectivity index (χ0v) is 9.34. The summed E-state index contributed by atoms with van der Waals surface area (Å²) in [5.74, 6) is -1.07. The lowest BCUT2D eigenvalue weighted by atomic mass is 10.1. The molecule has 1 N–H and O–H groups in total. The van der Waals surface area contributed by atoms with Crippen LogP contribution in [-0.2, 0) is 15.6 Å². The molecule has 0 radical (unpaired) electrons. The van der Waals surface area contributed by atoms with Crippen LogP contribution in [0.15, 0.2) is 18.2 Å². The third-order valence-corrected chi connectivity index (χ3v) is 2.84. The number of hydrogen-bond donors (Lipinski definition) is 1. The topological polar surface area (TPSA) is 71.4 Å². The molecule has 1 rings (SSSR count). The largest absolute Gasteiger partial charge is 0.478 e. The molecule has 15 heavy (non-hydrogen) atoms. The Hall–Kier alpha value is -1.36. The Bertz CT molecular complexity index is 488. The van der Waals surface area contributed by atoms with Gasteiger partial charge >= 0.3 is 5.97 Å². The fourth-order valence-electron chi connectivity index (χ4n) is 1.27. The summed E-state index contributed by atoms with van der Waals surface area (Å²) < 4.78 is 22.1. The third kappa shape index (κ3) is 3.36. The normalized spacial score (nSPS) is 11.3. The third-order valence-electron chi connectivity index (χ3n) is 2.01. The summed E-state index contributed by atoms with van der Waals surface area (Å²) >= 11 is 0. The first-order chi connectivity index (χ1) is 6.79. The lowest BCUT2D eigenvalue weighted by Gasteiger charge is -2.05.